The average Bonchev–Trinajstić information content (AvgIpc) is 2.67. The molecule has 3 fully saturated rings. The van der Waals surface area contributed by atoms with Gasteiger partial charge in [0.05, 0.1) is 0 Å². The largest absolute Gasteiger partial charge is 0.315 e. The summed E-state index contributed by atoms with van der Waals surface area (Å²) in [6, 6.07) is 3.42. The van der Waals surface area contributed by atoms with E-state index in [1.54, 1.807) is 0 Å². The fourth-order valence-corrected chi connectivity index (χ4v) is 4.69. The molecule has 3 aliphatic heterocycles. The summed E-state index contributed by atoms with van der Waals surface area (Å²) in [6.45, 7) is 6.10. The molecule has 0 radical (unpaired) electrons. The molecule has 0 saturated carbocycles. The van der Waals surface area contributed by atoms with Crippen LogP contribution in [0.25, 0.3) is 0 Å². The van der Waals surface area contributed by atoms with Gasteiger partial charge in [-0.15, -0.1) is 0 Å². The molecule has 110 valence electrons. The number of hydrogen-bond donors (Lipinski definition) is 1. The second kappa shape index (κ2) is 6.11. The van der Waals surface area contributed by atoms with E-state index in [0.717, 1.165) is 24.2 Å². The Bertz CT molecular complexity index is 274. The first kappa shape index (κ1) is 13.8. The minimum absolute atomic E-state index is 0.807. The highest BCUT2D eigenvalue weighted by Crippen LogP contribution is 2.37. The van der Waals surface area contributed by atoms with Gasteiger partial charge in [-0.25, -0.2) is 0 Å². The van der Waals surface area contributed by atoms with E-state index in [2.05, 4.69) is 29.1 Å². The molecule has 3 heterocycles. The molecule has 0 amide bonds. The summed E-state index contributed by atoms with van der Waals surface area (Å²) < 4.78 is 0. The molecule has 1 N–H and O–H groups in total. The first-order valence-corrected chi connectivity index (χ1v) is 8.48. The van der Waals surface area contributed by atoms with Crippen LogP contribution in [0.3, 0.4) is 0 Å². The van der Waals surface area contributed by atoms with Gasteiger partial charge in [-0.05, 0) is 65.1 Å². The van der Waals surface area contributed by atoms with Gasteiger partial charge in [0, 0.05) is 30.7 Å². The number of hydrogen-bond acceptors (Lipinski definition) is 3. The second-order valence-corrected chi connectivity index (χ2v) is 6.91. The lowest BCUT2D eigenvalue weighted by Crippen LogP contribution is -2.55. The van der Waals surface area contributed by atoms with Crippen molar-refractivity contribution in [2.24, 2.45) is 0 Å². The minimum Gasteiger partial charge on any atom is -0.315 e. The molecular formula is C16H31N3. The van der Waals surface area contributed by atoms with Gasteiger partial charge in [0.15, 0.2) is 0 Å². The molecule has 2 bridgehead atoms. The van der Waals surface area contributed by atoms with Gasteiger partial charge in [-0.1, -0.05) is 6.92 Å². The van der Waals surface area contributed by atoms with Gasteiger partial charge in [0.2, 0.25) is 0 Å². The maximum absolute atomic E-state index is 3.61. The Labute approximate surface area is 118 Å². The van der Waals surface area contributed by atoms with Gasteiger partial charge in [0.25, 0.3) is 0 Å². The fourth-order valence-electron chi connectivity index (χ4n) is 4.69. The van der Waals surface area contributed by atoms with Crippen LogP contribution >= 0.6 is 0 Å². The maximum Gasteiger partial charge on any atom is 0.0224 e. The summed E-state index contributed by atoms with van der Waals surface area (Å²) in [5.41, 5.74) is 0. The zero-order chi connectivity index (χ0) is 13.2. The van der Waals surface area contributed by atoms with E-state index in [-0.39, 0.29) is 0 Å². The Balaban J connectivity index is 1.66. The van der Waals surface area contributed by atoms with Crippen molar-refractivity contribution in [2.45, 2.75) is 76.0 Å². The van der Waals surface area contributed by atoms with Crippen molar-refractivity contribution in [1.82, 2.24) is 15.1 Å². The Hall–Kier alpha value is -0.120. The maximum atomic E-state index is 3.61. The lowest BCUT2D eigenvalue weighted by atomic mass is 9.93. The van der Waals surface area contributed by atoms with Gasteiger partial charge in [-0.2, -0.15) is 0 Å². The molecule has 3 rings (SSSR count). The van der Waals surface area contributed by atoms with Gasteiger partial charge in [-0.3, -0.25) is 4.90 Å². The van der Waals surface area contributed by atoms with Crippen molar-refractivity contribution in [1.29, 1.82) is 0 Å². The van der Waals surface area contributed by atoms with E-state index in [9.17, 15) is 0 Å². The van der Waals surface area contributed by atoms with Crippen LogP contribution in [0.1, 0.15) is 51.9 Å². The van der Waals surface area contributed by atoms with Crippen molar-refractivity contribution >= 4 is 0 Å². The molecular weight excluding hydrogens is 234 g/mol. The first-order chi connectivity index (χ1) is 9.29. The third-order valence-corrected chi connectivity index (χ3v) is 5.76. The molecule has 3 aliphatic rings. The fraction of sp³-hybridized carbons (Fsp3) is 1.00. The summed E-state index contributed by atoms with van der Waals surface area (Å²) >= 11 is 0. The zero-order valence-corrected chi connectivity index (χ0v) is 12.8. The van der Waals surface area contributed by atoms with Crippen LogP contribution in [0.5, 0.6) is 0 Å². The Kier molecular flexibility index (Phi) is 4.45. The summed E-state index contributed by atoms with van der Waals surface area (Å²) in [7, 11) is 2.35. The molecule has 3 unspecified atom stereocenters. The standard InChI is InChI=1S/C16H31N3/c1-3-9-19(15-5-4-8-17-12-15)16-10-13-6-7-14(11-16)18(13)2/h13-17H,3-12H2,1-2H3. The topological polar surface area (TPSA) is 18.5 Å². The summed E-state index contributed by atoms with van der Waals surface area (Å²) in [6.07, 6.45) is 9.81. The third-order valence-electron chi connectivity index (χ3n) is 5.76. The average molecular weight is 265 g/mol. The van der Waals surface area contributed by atoms with Crippen molar-refractivity contribution in [3.63, 3.8) is 0 Å². The predicted octanol–water partition coefficient (Wildman–Crippen LogP) is 2.08. The third kappa shape index (κ3) is 2.84. The van der Waals surface area contributed by atoms with Crippen molar-refractivity contribution in [3.8, 4) is 0 Å². The number of nitrogens with zero attached hydrogens (tertiary/aromatic N) is 2. The Morgan fingerprint density at radius 2 is 1.84 bits per heavy atom. The smallest absolute Gasteiger partial charge is 0.0224 e. The predicted molar refractivity (Wildman–Crippen MR) is 80.5 cm³/mol. The molecule has 3 heteroatoms. The van der Waals surface area contributed by atoms with Gasteiger partial charge >= 0.3 is 0 Å². The SMILES string of the molecule is CCCN(C1CCCNC1)C1CC2CCC(C1)N2C. The van der Waals surface area contributed by atoms with Crippen molar-refractivity contribution in [3.05, 3.63) is 0 Å². The molecule has 3 saturated heterocycles. The lowest BCUT2D eigenvalue weighted by molar-refractivity contribution is 0.0400. The summed E-state index contributed by atoms with van der Waals surface area (Å²) in [5.74, 6) is 0. The first-order valence-electron chi connectivity index (χ1n) is 8.48. The number of nitrogens with one attached hydrogen (secondary N) is 1. The highest BCUT2D eigenvalue weighted by molar-refractivity contribution is 4.98. The number of rotatable bonds is 4. The van der Waals surface area contributed by atoms with Crippen LogP contribution in [0.4, 0.5) is 0 Å². The molecule has 0 aromatic rings. The monoisotopic (exact) mass is 265 g/mol. The molecule has 0 aromatic carbocycles. The number of piperidine rings is 2. The van der Waals surface area contributed by atoms with Crippen LogP contribution in [0, 0.1) is 0 Å². The highest BCUT2D eigenvalue weighted by atomic mass is 15.3. The van der Waals surface area contributed by atoms with Crippen LogP contribution in [0.2, 0.25) is 0 Å². The molecule has 3 nitrogen and oxygen atoms in total. The molecule has 0 spiro atoms. The molecule has 0 aliphatic carbocycles. The molecule has 3 atom stereocenters. The minimum atomic E-state index is 0.807. The van der Waals surface area contributed by atoms with Gasteiger partial charge in [0.1, 0.15) is 0 Å². The van der Waals surface area contributed by atoms with E-state index in [1.165, 1.54) is 64.6 Å². The highest BCUT2D eigenvalue weighted by Gasteiger charge is 2.41. The Morgan fingerprint density at radius 1 is 1.11 bits per heavy atom. The summed E-state index contributed by atoms with van der Waals surface area (Å²) in [5, 5.41) is 3.61. The number of fused-ring (bicyclic) bond motifs is 2. The van der Waals surface area contributed by atoms with E-state index in [4.69, 9.17) is 0 Å². The lowest BCUT2D eigenvalue weighted by Gasteiger charge is -2.46. The molecule has 19 heavy (non-hydrogen) atoms. The van der Waals surface area contributed by atoms with Crippen molar-refractivity contribution in [2.75, 3.05) is 26.7 Å². The molecule has 0 aromatic heterocycles. The zero-order valence-electron chi connectivity index (χ0n) is 12.8. The van der Waals surface area contributed by atoms with Crippen LogP contribution in [-0.2, 0) is 0 Å². The van der Waals surface area contributed by atoms with Crippen molar-refractivity contribution < 1.29 is 0 Å². The normalized spacial score (nSPS) is 39.9. The van der Waals surface area contributed by atoms with E-state index >= 15 is 0 Å². The van der Waals surface area contributed by atoms with Gasteiger partial charge < -0.3 is 10.2 Å². The quantitative estimate of drug-likeness (QED) is 0.839. The Morgan fingerprint density at radius 3 is 2.42 bits per heavy atom. The van der Waals surface area contributed by atoms with Crippen LogP contribution < -0.4 is 5.32 Å². The second-order valence-electron chi connectivity index (χ2n) is 6.91. The van der Waals surface area contributed by atoms with Crippen LogP contribution in [0.15, 0.2) is 0 Å². The van der Waals surface area contributed by atoms with E-state index in [0.29, 0.717) is 0 Å². The van der Waals surface area contributed by atoms with E-state index in [1.807, 2.05) is 0 Å². The van der Waals surface area contributed by atoms with E-state index < -0.39 is 0 Å². The van der Waals surface area contributed by atoms with Crippen LogP contribution in [-0.4, -0.2) is 60.6 Å². The summed E-state index contributed by atoms with van der Waals surface area (Å²) in [4.78, 5) is 5.55.